The largest absolute Gasteiger partial charge is 0.467 e. The predicted octanol–water partition coefficient (Wildman–Crippen LogP) is 4.06. The van der Waals surface area contributed by atoms with Gasteiger partial charge in [0.2, 0.25) is 0 Å². The number of hydrogen-bond donors (Lipinski definition) is 1. The lowest BCUT2D eigenvalue weighted by Gasteiger charge is -2.12. The van der Waals surface area contributed by atoms with Gasteiger partial charge >= 0.3 is 0 Å². The van der Waals surface area contributed by atoms with E-state index in [1.165, 1.54) is 5.56 Å². The van der Waals surface area contributed by atoms with Crippen LogP contribution in [0.4, 0.5) is 0 Å². The van der Waals surface area contributed by atoms with Gasteiger partial charge in [-0.2, -0.15) is 0 Å². The van der Waals surface area contributed by atoms with Gasteiger partial charge in [-0.3, -0.25) is 0 Å². The lowest BCUT2D eigenvalue weighted by molar-refractivity contribution is 0.0420. The van der Waals surface area contributed by atoms with Crippen molar-refractivity contribution in [2.45, 2.75) is 46.1 Å². The molecular weight excluding hydrogens is 250 g/mol. The molecule has 0 saturated carbocycles. The van der Waals surface area contributed by atoms with E-state index in [9.17, 15) is 0 Å². The third-order valence-corrected chi connectivity index (χ3v) is 3.17. The summed E-state index contributed by atoms with van der Waals surface area (Å²) in [7, 11) is 0. The molecule has 2 aromatic rings. The zero-order valence-corrected chi connectivity index (χ0v) is 12.4. The molecule has 0 aliphatic rings. The van der Waals surface area contributed by atoms with Gasteiger partial charge in [0.15, 0.2) is 0 Å². The molecule has 1 aromatic carbocycles. The second-order valence-electron chi connectivity index (χ2n) is 5.32. The van der Waals surface area contributed by atoms with Crippen molar-refractivity contribution in [3.05, 3.63) is 59.5 Å². The summed E-state index contributed by atoms with van der Waals surface area (Å²) in [6, 6.07) is 12.7. The second kappa shape index (κ2) is 7.27. The van der Waals surface area contributed by atoms with Gasteiger partial charge in [-0.15, -0.1) is 0 Å². The Bertz CT molecular complexity index is 505. The van der Waals surface area contributed by atoms with Gasteiger partial charge in [0, 0.05) is 18.2 Å². The minimum Gasteiger partial charge on any atom is -0.467 e. The van der Waals surface area contributed by atoms with E-state index in [1.54, 1.807) is 6.26 Å². The van der Waals surface area contributed by atoms with Crippen LogP contribution < -0.4 is 5.32 Å². The molecule has 0 fully saturated rings. The lowest BCUT2D eigenvalue weighted by atomic mass is 10.1. The molecule has 20 heavy (non-hydrogen) atoms. The van der Waals surface area contributed by atoms with Crippen molar-refractivity contribution in [3.8, 4) is 0 Å². The average molecular weight is 273 g/mol. The molecule has 0 amide bonds. The zero-order valence-electron chi connectivity index (χ0n) is 12.4. The van der Waals surface area contributed by atoms with Crippen molar-refractivity contribution < 1.29 is 9.15 Å². The minimum absolute atomic E-state index is 0.0681. The molecule has 1 unspecified atom stereocenters. The maximum Gasteiger partial charge on any atom is 0.129 e. The van der Waals surface area contributed by atoms with Crippen molar-refractivity contribution >= 4 is 0 Å². The quantitative estimate of drug-likeness (QED) is 0.826. The molecule has 0 bridgehead atoms. The molecule has 108 valence electrons. The topological polar surface area (TPSA) is 34.4 Å². The number of nitrogens with one attached hydrogen (secondary N) is 1. The van der Waals surface area contributed by atoms with Gasteiger partial charge in [0.05, 0.1) is 12.4 Å². The molecule has 2 rings (SSSR count). The molecule has 0 radical (unpaired) electrons. The summed E-state index contributed by atoms with van der Waals surface area (Å²) in [5.74, 6) is 0.869. The number of hydrogen-bond acceptors (Lipinski definition) is 3. The van der Waals surface area contributed by atoms with Crippen LogP contribution in [0.15, 0.2) is 47.1 Å². The number of ether oxygens (including phenoxy) is 1. The Morgan fingerprint density at radius 2 is 1.90 bits per heavy atom. The Morgan fingerprint density at radius 3 is 2.60 bits per heavy atom. The minimum atomic E-state index is 0.0681. The van der Waals surface area contributed by atoms with Gasteiger partial charge in [-0.05, 0) is 18.6 Å². The van der Waals surface area contributed by atoms with Gasteiger partial charge in [0.25, 0.3) is 0 Å². The standard InChI is InChI=1S/C17H23NO2/c1-13(2)18-10-15-9-17(20-11-15)12-19-14(3)16-7-5-4-6-8-16/h4-9,11,13-14,18H,10,12H2,1-3H3. The number of rotatable bonds is 7. The van der Waals surface area contributed by atoms with Crippen molar-refractivity contribution in [2.24, 2.45) is 0 Å². The van der Waals surface area contributed by atoms with E-state index < -0.39 is 0 Å². The Kier molecular flexibility index (Phi) is 5.39. The van der Waals surface area contributed by atoms with Crippen LogP contribution in [0.3, 0.4) is 0 Å². The maximum atomic E-state index is 5.84. The van der Waals surface area contributed by atoms with E-state index in [0.29, 0.717) is 12.6 Å². The first-order chi connectivity index (χ1) is 9.65. The van der Waals surface area contributed by atoms with E-state index in [4.69, 9.17) is 9.15 Å². The number of furan rings is 1. The van der Waals surface area contributed by atoms with Crippen molar-refractivity contribution in [1.82, 2.24) is 5.32 Å². The summed E-state index contributed by atoms with van der Waals surface area (Å²) >= 11 is 0. The van der Waals surface area contributed by atoms with Crippen LogP contribution >= 0.6 is 0 Å². The van der Waals surface area contributed by atoms with Gasteiger partial charge in [-0.25, -0.2) is 0 Å². The SMILES string of the molecule is CC(C)NCc1coc(COC(C)c2ccccc2)c1. The fraction of sp³-hybridized carbons (Fsp3) is 0.412. The molecule has 3 nitrogen and oxygen atoms in total. The van der Waals surface area contributed by atoms with Gasteiger partial charge < -0.3 is 14.5 Å². The first-order valence-corrected chi connectivity index (χ1v) is 7.11. The zero-order chi connectivity index (χ0) is 14.4. The molecule has 0 saturated heterocycles. The van der Waals surface area contributed by atoms with Gasteiger partial charge in [0.1, 0.15) is 12.4 Å². The highest BCUT2D eigenvalue weighted by atomic mass is 16.5. The van der Waals surface area contributed by atoms with Crippen molar-refractivity contribution in [2.75, 3.05) is 0 Å². The highest BCUT2D eigenvalue weighted by Gasteiger charge is 2.08. The third-order valence-electron chi connectivity index (χ3n) is 3.17. The summed E-state index contributed by atoms with van der Waals surface area (Å²) in [4.78, 5) is 0. The summed E-state index contributed by atoms with van der Waals surface area (Å²) in [6.07, 6.45) is 1.86. The number of benzene rings is 1. The fourth-order valence-corrected chi connectivity index (χ4v) is 1.94. The smallest absolute Gasteiger partial charge is 0.129 e. The average Bonchev–Trinajstić information content (AvgIpc) is 2.91. The molecule has 0 spiro atoms. The van der Waals surface area contributed by atoms with Crippen LogP contribution in [0, 0.1) is 0 Å². The monoisotopic (exact) mass is 273 g/mol. The molecule has 0 aliphatic carbocycles. The Hall–Kier alpha value is -1.58. The molecular formula is C17H23NO2. The molecule has 1 atom stereocenters. The molecule has 1 heterocycles. The lowest BCUT2D eigenvalue weighted by Crippen LogP contribution is -2.21. The Balaban J connectivity index is 1.82. The van der Waals surface area contributed by atoms with Crippen LogP contribution in [0.25, 0.3) is 0 Å². The van der Waals surface area contributed by atoms with Crippen LogP contribution in [0.5, 0.6) is 0 Å². The van der Waals surface area contributed by atoms with E-state index >= 15 is 0 Å². The van der Waals surface area contributed by atoms with E-state index in [-0.39, 0.29) is 6.10 Å². The van der Waals surface area contributed by atoms with E-state index in [1.807, 2.05) is 24.3 Å². The molecule has 1 N–H and O–H groups in total. The van der Waals surface area contributed by atoms with Crippen molar-refractivity contribution in [3.63, 3.8) is 0 Å². The molecule has 3 heteroatoms. The maximum absolute atomic E-state index is 5.84. The highest BCUT2D eigenvalue weighted by molar-refractivity contribution is 5.17. The fourth-order valence-electron chi connectivity index (χ4n) is 1.94. The second-order valence-corrected chi connectivity index (χ2v) is 5.32. The third kappa shape index (κ3) is 4.51. The first-order valence-electron chi connectivity index (χ1n) is 7.11. The summed E-state index contributed by atoms with van der Waals surface area (Å²) in [5.41, 5.74) is 2.34. The van der Waals surface area contributed by atoms with Crippen LogP contribution in [-0.2, 0) is 17.9 Å². The van der Waals surface area contributed by atoms with Crippen molar-refractivity contribution in [1.29, 1.82) is 0 Å². The molecule has 1 aromatic heterocycles. The predicted molar refractivity (Wildman–Crippen MR) is 80.3 cm³/mol. The Labute approximate surface area is 121 Å². The van der Waals surface area contributed by atoms with E-state index in [0.717, 1.165) is 17.9 Å². The van der Waals surface area contributed by atoms with Crippen LogP contribution in [0.2, 0.25) is 0 Å². The summed E-state index contributed by atoms with van der Waals surface area (Å²) in [6.45, 7) is 7.64. The van der Waals surface area contributed by atoms with E-state index in [2.05, 4.69) is 38.2 Å². The Morgan fingerprint density at radius 1 is 1.15 bits per heavy atom. The highest BCUT2D eigenvalue weighted by Crippen LogP contribution is 2.19. The summed E-state index contributed by atoms with van der Waals surface area (Å²) < 4.78 is 11.4. The molecule has 0 aliphatic heterocycles. The first kappa shape index (κ1) is 14.8. The van der Waals surface area contributed by atoms with Crippen LogP contribution in [0.1, 0.15) is 43.8 Å². The summed E-state index contributed by atoms with van der Waals surface area (Å²) in [5, 5.41) is 3.37. The van der Waals surface area contributed by atoms with Crippen LogP contribution in [-0.4, -0.2) is 6.04 Å². The normalized spacial score (nSPS) is 12.8. The van der Waals surface area contributed by atoms with Gasteiger partial charge in [-0.1, -0.05) is 44.2 Å².